The lowest BCUT2D eigenvalue weighted by Gasteiger charge is -2.31. The maximum Gasteiger partial charge on any atom is 0.251 e. The monoisotopic (exact) mass is 218 g/mol. The normalized spacial score (nSPS) is 21.2. The third-order valence-corrected chi connectivity index (χ3v) is 3.39. The van der Waals surface area contributed by atoms with Crippen molar-refractivity contribution in [2.45, 2.75) is 25.7 Å². The first-order valence-electron chi connectivity index (χ1n) is 4.62. The Morgan fingerprint density at radius 1 is 1.43 bits per heavy atom. The van der Waals surface area contributed by atoms with E-state index < -0.39 is 5.92 Å². The molecule has 1 aromatic heterocycles. The second-order valence-corrected chi connectivity index (χ2v) is 4.77. The lowest BCUT2D eigenvalue weighted by Crippen LogP contribution is -2.38. The van der Waals surface area contributed by atoms with Crippen molar-refractivity contribution in [2.75, 3.05) is 18.0 Å². The van der Waals surface area contributed by atoms with Gasteiger partial charge in [0, 0.05) is 25.9 Å². The number of alkyl halides is 2. The predicted molar refractivity (Wildman–Crippen MR) is 53.2 cm³/mol. The Labute approximate surface area is 85.6 Å². The first-order valence-corrected chi connectivity index (χ1v) is 5.44. The van der Waals surface area contributed by atoms with E-state index in [1.807, 2.05) is 11.8 Å². The molecule has 0 saturated carbocycles. The third kappa shape index (κ3) is 2.03. The second-order valence-electron chi connectivity index (χ2n) is 3.56. The van der Waals surface area contributed by atoms with Crippen molar-refractivity contribution in [3.05, 3.63) is 11.2 Å². The maximum atomic E-state index is 12.9. The van der Waals surface area contributed by atoms with Crippen LogP contribution in [-0.4, -0.2) is 24.0 Å². The fourth-order valence-corrected chi connectivity index (χ4v) is 2.38. The molecule has 0 amide bonds. The van der Waals surface area contributed by atoms with Crippen molar-refractivity contribution in [3.63, 3.8) is 0 Å². The number of aromatic nitrogens is 1. The molecule has 1 aromatic rings. The highest BCUT2D eigenvalue weighted by Gasteiger charge is 2.34. The van der Waals surface area contributed by atoms with Gasteiger partial charge in [-0.05, 0) is 6.92 Å². The number of piperidine rings is 1. The first-order chi connectivity index (χ1) is 6.57. The molecule has 1 aliphatic rings. The van der Waals surface area contributed by atoms with E-state index in [9.17, 15) is 8.78 Å². The summed E-state index contributed by atoms with van der Waals surface area (Å²) in [6.45, 7) is 2.80. The summed E-state index contributed by atoms with van der Waals surface area (Å²) in [6.07, 6.45) is 1.69. The molecule has 78 valence electrons. The van der Waals surface area contributed by atoms with E-state index >= 15 is 0 Å². The van der Waals surface area contributed by atoms with Gasteiger partial charge in [0.1, 0.15) is 5.00 Å². The van der Waals surface area contributed by atoms with Crippen LogP contribution in [0.1, 0.15) is 17.8 Å². The molecule has 0 aliphatic carbocycles. The van der Waals surface area contributed by atoms with Crippen LogP contribution in [0.2, 0.25) is 0 Å². The summed E-state index contributed by atoms with van der Waals surface area (Å²) in [5.74, 6) is -2.46. The summed E-state index contributed by atoms with van der Waals surface area (Å²) in [4.78, 5) is 6.11. The summed E-state index contributed by atoms with van der Waals surface area (Å²) in [5.41, 5.74) is 0. The quantitative estimate of drug-likeness (QED) is 0.720. The standard InChI is InChI=1S/C9H12F2N2S/c1-7-12-6-8(14-7)13-4-2-9(10,11)3-5-13/h6H,2-5H2,1H3. The van der Waals surface area contributed by atoms with Crippen molar-refractivity contribution in [1.29, 1.82) is 0 Å². The highest BCUT2D eigenvalue weighted by molar-refractivity contribution is 7.15. The Bertz CT molecular complexity index is 314. The smallest absolute Gasteiger partial charge is 0.251 e. The van der Waals surface area contributed by atoms with Crippen molar-refractivity contribution in [1.82, 2.24) is 4.98 Å². The highest BCUT2D eigenvalue weighted by Crippen LogP contribution is 2.32. The van der Waals surface area contributed by atoms with Gasteiger partial charge in [-0.2, -0.15) is 0 Å². The zero-order valence-corrected chi connectivity index (χ0v) is 8.78. The molecule has 0 N–H and O–H groups in total. The van der Waals surface area contributed by atoms with Gasteiger partial charge >= 0.3 is 0 Å². The van der Waals surface area contributed by atoms with E-state index in [2.05, 4.69) is 4.98 Å². The zero-order chi connectivity index (χ0) is 10.2. The molecule has 0 atom stereocenters. The molecule has 1 aliphatic heterocycles. The molecule has 1 fully saturated rings. The van der Waals surface area contributed by atoms with Gasteiger partial charge < -0.3 is 4.90 Å². The Balaban J connectivity index is 2.02. The maximum absolute atomic E-state index is 12.9. The van der Waals surface area contributed by atoms with Gasteiger partial charge in [-0.15, -0.1) is 11.3 Å². The van der Waals surface area contributed by atoms with Crippen LogP contribution in [0, 0.1) is 6.92 Å². The van der Waals surface area contributed by atoms with Crippen LogP contribution in [0.15, 0.2) is 6.20 Å². The third-order valence-electron chi connectivity index (χ3n) is 2.42. The molecule has 0 bridgehead atoms. The SMILES string of the molecule is Cc1ncc(N2CCC(F)(F)CC2)s1. The van der Waals surface area contributed by atoms with Gasteiger partial charge in [-0.25, -0.2) is 13.8 Å². The van der Waals surface area contributed by atoms with E-state index in [0.29, 0.717) is 13.1 Å². The zero-order valence-electron chi connectivity index (χ0n) is 7.96. The van der Waals surface area contributed by atoms with Gasteiger partial charge in [0.2, 0.25) is 0 Å². The Hall–Kier alpha value is -0.710. The van der Waals surface area contributed by atoms with Crippen LogP contribution >= 0.6 is 11.3 Å². The molecule has 0 aromatic carbocycles. The minimum absolute atomic E-state index is 0.0378. The van der Waals surface area contributed by atoms with Crippen molar-refractivity contribution >= 4 is 16.3 Å². The summed E-state index contributed by atoms with van der Waals surface area (Å²) in [7, 11) is 0. The molecule has 1 saturated heterocycles. The van der Waals surface area contributed by atoms with E-state index in [1.165, 1.54) is 0 Å². The summed E-state index contributed by atoms with van der Waals surface area (Å²) in [6, 6.07) is 0. The highest BCUT2D eigenvalue weighted by atomic mass is 32.1. The average molecular weight is 218 g/mol. The Morgan fingerprint density at radius 3 is 2.57 bits per heavy atom. The van der Waals surface area contributed by atoms with Gasteiger partial charge in [-0.3, -0.25) is 0 Å². The minimum atomic E-state index is -2.46. The van der Waals surface area contributed by atoms with Gasteiger partial charge in [-0.1, -0.05) is 0 Å². The van der Waals surface area contributed by atoms with Gasteiger partial charge in [0.05, 0.1) is 11.2 Å². The molecule has 0 unspecified atom stereocenters. The molecule has 2 nitrogen and oxygen atoms in total. The molecule has 0 radical (unpaired) electrons. The van der Waals surface area contributed by atoms with E-state index in [4.69, 9.17) is 0 Å². The lowest BCUT2D eigenvalue weighted by molar-refractivity contribution is -0.0219. The number of rotatable bonds is 1. The van der Waals surface area contributed by atoms with E-state index in [1.54, 1.807) is 17.5 Å². The van der Waals surface area contributed by atoms with Crippen molar-refractivity contribution < 1.29 is 8.78 Å². The molecular formula is C9H12F2N2S. The Kier molecular flexibility index (Phi) is 2.43. The average Bonchev–Trinajstić information content (AvgIpc) is 2.52. The number of nitrogens with zero attached hydrogens (tertiary/aromatic N) is 2. The minimum Gasteiger partial charge on any atom is -0.362 e. The Morgan fingerprint density at radius 2 is 2.07 bits per heavy atom. The number of anilines is 1. The number of halogens is 2. The van der Waals surface area contributed by atoms with Crippen molar-refractivity contribution in [3.8, 4) is 0 Å². The van der Waals surface area contributed by atoms with Crippen molar-refractivity contribution in [2.24, 2.45) is 0 Å². The lowest BCUT2D eigenvalue weighted by atomic mass is 10.1. The van der Waals surface area contributed by atoms with Crippen LogP contribution in [0.25, 0.3) is 0 Å². The summed E-state index contributed by atoms with van der Waals surface area (Å²) < 4.78 is 25.7. The number of hydrogen-bond acceptors (Lipinski definition) is 3. The number of hydrogen-bond donors (Lipinski definition) is 0. The predicted octanol–water partition coefficient (Wildman–Crippen LogP) is 2.69. The molecule has 0 spiro atoms. The molecule has 5 heteroatoms. The molecule has 2 rings (SSSR count). The van der Waals surface area contributed by atoms with E-state index in [-0.39, 0.29) is 12.8 Å². The van der Waals surface area contributed by atoms with E-state index in [0.717, 1.165) is 10.0 Å². The summed E-state index contributed by atoms with van der Waals surface area (Å²) >= 11 is 1.56. The van der Waals surface area contributed by atoms with Crippen LogP contribution in [0.5, 0.6) is 0 Å². The first kappa shape index (κ1) is 9.83. The second kappa shape index (κ2) is 3.46. The fraction of sp³-hybridized carbons (Fsp3) is 0.667. The van der Waals surface area contributed by atoms with Crippen LogP contribution in [0.4, 0.5) is 13.8 Å². The number of thiazole rings is 1. The fourth-order valence-electron chi connectivity index (χ4n) is 1.55. The van der Waals surface area contributed by atoms with Gasteiger partial charge in [0.25, 0.3) is 5.92 Å². The number of aryl methyl sites for hydroxylation is 1. The molecule has 14 heavy (non-hydrogen) atoms. The van der Waals surface area contributed by atoms with Crippen LogP contribution in [0.3, 0.4) is 0 Å². The largest absolute Gasteiger partial charge is 0.362 e. The van der Waals surface area contributed by atoms with Crippen LogP contribution in [-0.2, 0) is 0 Å². The van der Waals surface area contributed by atoms with Gasteiger partial charge in [0.15, 0.2) is 0 Å². The summed E-state index contributed by atoms with van der Waals surface area (Å²) in [5, 5.41) is 2.00. The molecule has 2 heterocycles. The molecular weight excluding hydrogens is 206 g/mol. The topological polar surface area (TPSA) is 16.1 Å². The van der Waals surface area contributed by atoms with Crippen LogP contribution < -0.4 is 4.90 Å².